The second-order valence-corrected chi connectivity index (χ2v) is 6.47. The molecule has 3 aromatic carbocycles. The number of aromatic hydroxyl groups is 1. The first-order valence-electron chi connectivity index (χ1n) is 8.07. The van der Waals surface area contributed by atoms with Crippen molar-refractivity contribution in [2.75, 3.05) is 13.7 Å². The highest BCUT2D eigenvalue weighted by molar-refractivity contribution is 9.10. The standard InChI is InChI=1S/C20H17BrN2O4/c1-26-18-10-13(9-16(21)20(18)25)11-22-23-19(24)12-27-17-8-4-6-14-5-2-3-7-15(14)17/h2-11,25H,12H2,1H3,(H,23,24)/b22-11+. The lowest BCUT2D eigenvalue weighted by molar-refractivity contribution is -0.123. The van der Waals surface area contributed by atoms with Gasteiger partial charge in [-0.1, -0.05) is 36.4 Å². The van der Waals surface area contributed by atoms with Gasteiger partial charge in [-0.05, 0) is 45.1 Å². The number of amides is 1. The Morgan fingerprint density at radius 3 is 2.78 bits per heavy atom. The van der Waals surface area contributed by atoms with Crippen molar-refractivity contribution in [3.63, 3.8) is 0 Å². The fraction of sp³-hybridized carbons (Fsp3) is 0.100. The molecule has 1 amide bonds. The molecule has 0 aromatic heterocycles. The molecule has 138 valence electrons. The summed E-state index contributed by atoms with van der Waals surface area (Å²) in [5.74, 6) is 0.557. The zero-order chi connectivity index (χ0) is 19.2. The smallest absolute Gasteiger partial charge is 0.277 e. The molecule has 6 nitrogen and oxygen atoms in total. The lowest BCUT2D eigenvalue weighted by Gasteiger charge is -2.08. The number of hydrazone groups is 1. The van der Waals surface area contributed by atoms with Crippen LogP contribution < -0.4 is 14.9 Å². The van der Waals surface area contributed by atoms with Crippen molar-refractivity contribution < 1.29 is 19.4 Å². The van der Waals surface area contributed by atoms with E-state index in [-0.39, 0.29) is 18.3 Å². The van der Waals surface area contributed by atoms with Crippen LogP contribution in [0.3, 0.4) is 0 Å². The summed E-state index contributed by atoms with van der Waals surface area (Å²) in [4.78, 5) is 12.0. The fourth-order valence-corrected chi connectivity index (χ4v) is 2.96. The number of phenolic OH excluding ortho intramolecular Hbond substituents is 1. The van der Waals surface area contributed by atoms with Crippen LogP contribution in [-0.4, -0.2) is 30.9 Å². The average molecular weight is 429 g/mol. The van der Waals surface area contributed by atoms with Crippen molar-refractivity contribution in [3.8, 4) is 17.2 Å². The van der Waals surface area contributed by atoms with E-state index in [1.54, 1.807) is 12.1 Å². The summed E-state index contributed by atoms with van der Waals surface area (Å²) in [5, 5.41) is 15.7. The van der Waals surface area contributed by atoms with Gasteiger partial charge < -0.3 is 14.6 Å². The van der Waals surface area contributed by atoms with Gasteiger partial charge in [-0.2, -0.15) is 5.10 Å². The highest BCUT2D eigenvalue weighted by Gasteiger charge is 2.08. The molecule has 3 rings (SSSR count). The molecule has 0 fully saturated rings. The molecule has 0 unspecified atom stereocenters. The maximum Gasteiger partial charge on any atom is 0.277 e. The predicted molar refractivity (Wildman–Crippen MR) is 108 cm³/mol. The normalized spacial score (nSPS) is 10.9. The summed E-state index contributed by atoms with van der Waals surface area (Å²) in [6, 6.07) is 16.7. The minimum absolute atomic E-state index is 0.00201. The second-order valence-electron chi connectivity index (χ2n) is 5.61. The molecule has 3 aromatic rings. The molecule has 0 spiro atoms. The molecule has 0 saturated heterocycles. The Balaban J connectivity index is 1.60. The number of nitrogens with one attached hydrogen (secondary N) is 1. The van der Waals surface area contributed by atoms with Crippen LogP contribution >= 0.6 is 15.9 Å². The zero-order valence-corrected chi connectivity index (χ0v) is 16.1. The molecule has 27 heavy (non-hydrogen) atoms. The topological polar surface area (TPSA) is 80.2 Å². The van der Waals surface area contributed by atoms with Gasteiger partial charge in [0.05, 0.1) is 17.8 Å². The summed E-state index contributed by atoms with van der Waals surface area (Å²) in [7, 11) is 1.45. The Hall–Kier alpha value is -3.06. The van der Waals surface area contributed by atoms with Gasteiger partial charge >= 0.3 is 0 Å². The fourth-order valence-electron chi connectivity index (χ4n) is 2.50. The number of hydrogen-bond acceptors (Lipinski definition) is 5. The molecule has 0 bridgehead atoms. The largest absolute Gasteiger partial charge is 0.503 e. The summed E-state index contributed by atoms with van der Waals surface area (Å²) in [6.45, 7) is -0.159. The van der Waals surface area contributed by atoms with Gasteiger partial charge in [-0.3, -0.25) is 4.79 Å². The summed E-state index contributed by atoms with van der Waals surface area (Å²) >= 11 is 3.23. The van der Waals surface area contributed by atoms with E-state index in [2.05, 4.69) is 26.5 Å². The Bertz CT molecular complexity index is 999. The maximum absolute atomic E-state index is 12.0. The summed E-state index contributed by atoms with van der Waals surface area (Å²) < 4.78 is 11.1. The van der Waals surface area contributed by atoms with E-state index in [1.807, 2.05) is 42.5 Å². The molecule has 0 aliphatic heterocycles. The molecule has 0 aliphatic carbocycles. The summed E-state index contributed by atoms with van der Waals surface area (Å²) in [5.41, 5.74) is 3.05. The minimum Gasteiger partial charge on any atom is -0.503 e. The monoisotopic (exact) mass is 428 g/mol. The number of nitrogens with zero attached hydrogens (tertiary/aromatic N) is 1. The SMILES string of the molecule is COc1cc(/C=N/NC(=O)COc2cccc3ccccc23)cc(Br)c1O. The quantitative estimate of drug-likeness (QED) is 0.461. The van der Waals surface area contributed by atoms with Gasteiger partial charge in [-0.25, -0.2) is 5.43 Å². The van der Waals surface area contributed by atoms with E-state index in [1.165, 1.54) is 13.3 Å². The number of ether oxygens (including phenoxy) is 2. The van der Waals surface area contributed by atoms with Crippen LogP contribution in [0.4, 0.5) is 0 Å². The van der Waals surface area contributed by atoms with Crippen molar-refractivity contribution in [3.05, 3.63) is 64.6 Å². The number of methoxy groups -OCH3 is 1. The molecule has 2 N–H and O–H groups in total. The van der Waals surface area contributed by atoms with Crippen molar-refractivity contribution in [2.45, 2.75) is 0 Å². The van der Waals surface area contributed by atoms with Gasteiger partial charge in [0.2, 0.25) is 0 Å². The predicted octanol–water partition coefficient (Wildman–Crippen LogP) is 3.85. The first-order valence-corrected chi connectivity index (χ1v) is 8.86. The van der Waals surface area contributed by atoms with Gasteiger partial charge in [0.15, 0.2) is 18.1 Å². The van der Waals surface area contributed by atoms with Crippen LogP contribution in [0.2, 0.25) is 0 Å². The lowest BCUT2D eigenvalue weighted by atomic mass is 10.1. The maximum atomic E-state index is 12.0. The molecule has 0 heterocycles. The molecule has 0 radical (unpaired) electrons. The van der Waals surface area contributed by atoms with Gasteiger partial charge in [0.25, 0.3) is 5.91 Å². The Morgan fingerprint density at radius 2 is 1.96 bits per heavy atom. The number of fused-ring (bicyclic) bond motifs is 1. The molecular formula is C20H17BrN2O4. The number of benzene rings is 3. The van der Waals surface area contributed by atoms with E-state index in [0.29, 0.717) is 21.5 Å². The number of carbonyl (C=O) groups excluding carboxylic acids is 1. The van der Waals surface area contributed by atoms with Crippen LogP contribution in [0.5, 0.6) is 17.2 Å². The van der Waals surface area contributed by atoms with E-state index >= 15 is 0 Å². The number of hydrogen-bond donors (Lipinski definition) is 2. The number of phenols is 1. The third-order valence-electron chi connectivity index (χ3n) is 3.78. The highest BCUT2D eigenvalue weighted by Crippen LogP contribution is 2.34. The number of carbonyl (C=O) groups is 1. The highest BCUT2D eigenvalue weighted by atomic mass is 79.9. The van der Waals surface area contributed by atoms with E-state index in [4.69, 9.17) is 9.47 Å². The van der Waals surface area contributed by atoms with Crippen LogP contribution in [0.1, 0.15) is 5.56 Å². The first-order chi connectivity index (χ1) is 13.1. The second kappa shape index (κ2) is 8.55. The van der Waals surface area contributed by atoms with Gasteiger partial charge in [0.1, 0.15) is 5.75 Å². The van der Waals surface area contributed by atoms with Gasteiger partial charge in [0, 0.05) is 5.39 Å². The Morgan fingerprint density at radius 1 is 1.19 bits per heavy atom. The average Bonchev–Trinajstić information content (AvgIpc) is 2.68. The molecule has 0 saturated carbocycles. The van der Waals surface area contributed by atoms with Crippen molar-refractivity contribution in [2.24, 2.45) is 5.10 Å². The Kier molecular flexibility index (Phi) is 5.93. The number of rotatable bonds is 6. The van der Waals surface area contributed by atoms with Crippen LogP contribution in [0.25, 0.3) is 10.8 Å². The van der Waals surface area contributed by atoms with Crippen LogP contribution in [0, 0.1) is 0 Å². The van der Waals surface area contributed by atoms with Crippen LogP contribution in [0.15, 0.2) is 64.2 Å². The van der Waals surface area contributed by atoms with E-state index in [0.717, 1.165) is 10.8 Å². The Labute approximate surface area is 164 Å². The number of halogens is 1. The van der Waals surface area contributed by atoms with Gasteiger partial charge in [-0.15, -0.1) is 0 Å². The molecule has 7 heteroatoms. The molecular weight excluding hydrogens is 412 g/mol. The van der Waals surface area contributed by atoms with Crippen molar-refractivity contribution in [1.29, 1.82) is 0 Å². The summed E-state index contributed by atoms with van der Waals surface area (Å²) in [6.07, 6.45) is 1.45. The third-order valence-corrected chi connectivity index (χ3v) is 4.39. The van der Waals surface area contributed by atoms with E-state index < -0.39 is 0 Å². The molecule has 0 atom stereocenters. The first kappa shape index (κ1) is 18.7. The van der Waals surface area contributed by atoms with Crippen molar-refractivity contribution >= 4 is 38.8 Å². The minimum atomic E-state index is -0.385. The molecule has 0 aliphatic rings. The van der Waals surface area contributed by atoms with E-state index in [9.17, 15) is 9.90 Å². The van der Waals surface area contributed by atoms with Crippen LogP contribution in [-0.2, 0) is 4.79 Å². The zero-order valence-electron chi connectivity index (χ0n) is 14.5. The third kappa shape index (κ3) is 4.57. The lowest BCUT2D eigenvalue weighted by Crippen LogP contribution is -2.24. The van der Waals surface area contributed by atoms with Crippen molar-refractivity contribution in [1.82, 2.24) is 5.43 Å².